The Balaban J connectivity index is 0.00000312. The van der Waals surface area contributed by atoms with Crippen LogP contribution in [0.15, 0.2) is 4.99 Å². The van der Waals surface area contributed by atoms with Crippen molar-refractivity contribution in [2.45, 2.75) is 65.7 Å². The molecule has 1 aliphatic heterocycles. The first-order valence-corrected chi connectivity index (χ1v) is 9.74. The number of nitrogens with zero attached hydrogens (tertiary/aromatic N) is 2. The van der Waals surface area contributed by atoms with E-state index in [9.17, 15) is 4.79 Å². The van der Waals surface area contributed by atoms with Crippen LogP contribution in [0, 0.1) is 17.3 Å². The zero-order chi connectivity index (χ0) is 17.6. The van der Waals surface area contributed by atoms with Crippen LogP contribution >= 0.6 is 24.0 Å². The smallest absolute Gasteiger partial charge is 0.217 e. The zero-order valence-electron chi connectivity index (χ0n) is 16.2. The molecule has 2 rings (SSSR count). The first kappa shape index (κ1) is 22.5. The highest BCUT2D eigenvalue weighted by atomic mass is 127. The average molecular weight is 464 g/mol. The minimum atomic E-state index is -0.189. The molecule has 0 aromatic rings. The van der Waals surface area contributed by atoms with E-state index in [1.54, 1.807) is 0 Å². The number of nitrogens with one attached hydrogen (secondary N) is 1. The van der Waals surface area contributed by atoms with Crippen LogP contribution in [0.3, 0.4) is 0 Å². The molecular formula is C19H37IN4O. The Bertz CT molecular complexity index is 447. The van der Waals surface area contributed by atoms with Gasteiger partial charge in [-0.25, -0.2) is 0 Å². The van der Waals surface area contributed by atoms with Crippen LogP contribution in [0.4, 0.5) is 0 Å². The number of amides is 1. The maximum absolute atomic E-state index is 11.2. The van der Waals surface area contributed by atoms with Gasteiger partial charge in [0.25, 0.3) is 0 Å². The summed E-state index contributed by atoms with van der Waals surface area (Å²) >= 11 is 0. The van der Waals surface area contributed by atoms with Crippen LogP contribution in [0.25, 0.3) is 0 Å². The topological polar surface area (TPSA) is 70.7 Å². The molecule has 1 amide bonds. The van der Waals surface area contributed by atoms with E-state index in [2.05, 4.69) is 31.0 Å². The number of primary amides is 1. The van der Waals surface area contributed by atoms with E-state index in [0.29, 0.717) is 12.3 Å². The number of nitrogens with two attached hydrogens (primary N) is 1. The summed E-state index contributed by atoms with van der Waals surface area (Å²) < 4.78 is 0. The highest BCUT2D eigenvalue weighted by Crippen LogP contribution is 2.39. The molecule has 1 unspecified atom stereocenters. The number of halogens is 1. The van der Waals surface area contributed by atoms with E-state index in [1.807, 2.05) is 0 Å². The van der Waals surface area contributed by atoms with Crippen LogP contribution in [0.5, 0.6) is 0 Å². The Kier molecular flexibility index (Phi) is 9.52. The summed E-state index contributed by atoms with van der Waals surface area (Å²) in [6.45, 7) is 10.5. The molecule has 25 heavy (non-hydrogen) atoms. The third-order valence-corrected chi connectivity index (χ3v) is 5.74. The summed E-state index contributed by atoms with van der Waals surface area (Å²) in [7, 11) is 0. The molecule has 1 heterocycles. The number of hydrogen-bond donors (Lipinski definition) is 2. The van der Waals surface area contributed by atoms with Gasteiger partial charge in [-0.05, 0) is 49.9 Å². The highest BCUT2D eigenvalue weighted by Gasteiger charge is 2.32. The lowest BCUT2D eigenvalue weighted by molar-refractivity contribution is -0.119. The van der Waals surface area contributed by atoms with Crippen molar-refractivity contribution in [1.29, 1.82) is 0 Å². The van der Waals surface area contributed by atoms with Crippen molar-refractivity contribution in [3.63, 3.8) is 0 Å². The van der Waals surface area contributed by atoms with E-state index >= 15 is 0 Å². The molecule has 0 bridgehead atoms. The third-order valence-electron chi connectivity index (χ3n) is 5.74. The molecule has 0 radical (unpaired) electrons. The Hall–Kier alpha value is -0.530. The van der Waals surface area contributed by atoms with Gasteiger partial charge in [0.2, 0.25) is 5.91 Å². The SMILES string of the molecule is CCNC(=NCC(C)(C)C1CCCC1)N1CCCC(CC(N)=O)C1.I. The van der Waals surface area contributed by atoms with Gasteiger partial charge in [0.05, 0.1) is 0 Å². The van der Waals surface area contributed by atoms with Crippen molar-refractivity contribution in [1.82, 2.24) is 10.2 Å². The zero-order valence-corrected chi connectivity index (χ0v) is 18.6. The molecule has 1 saturated heterocycles. The van der Waals surface area contributed by atoms with Crippen molar-refractivity contribution < 1.29 is 4.79 Å². The Morgan fingerprint density at radius 3 is 2.52 bits per heavy atom. The summed E-state index contributed by atoms with van der Waals surface area (Å²) in [6, 6.07) is 0. The molecule has 1 atom stereocenters. The molecule has 146 valence electrons. The van der Waals surface area contributed by atoms with Gasteiger partial charge in [-0.3, -0.25) is 9.79 Å². The number of hydrogen-bond acceptors (Lipinski definition) is 2. The molecule has 0 spiro atoms. The number of carbonyl (C=O) groups excluding carboxylic acids is 1. The van der Waals surface area contributed by atoms with Crippen LogP contribution in [-0.2, 0) is 4.79 Å². The number of carbonyl (C=O) groups is 1. The van der Waals surface area contributed by atoms with Crippen LogP contribution < -0.4 is 11.1 Å². The van der Waals surface area contributed by atoms with Crippen molar-refractivity contribution in [3.8, 4) is 0 Å². The van der Waals surface area contributed by atoms with Crippen LogP contribution in [0.1, 0.15) is 65.7 Å². The number of guanidine groups is 1. The standard InChI is InChI=1S/C19H36N4O.HI/c1-4-21-18(22-14-19(2,3)16-9-5-6-10-16)23-11-7-8-15(13-23)12-17(20)24;/h15-16H,4-14H2,1-3H3,(H2,20,24)(H,21,22);1H. The lowest BCUT2D eigenvalue weighted by Gasteiger charge is -2.36. The normalized spacial score (nSPS) is 22.6. The van der Waals surface area contributed by atoms with E-state index in [0.717, 1.165) is 50.9 Å². The number of likely N-dealkylation sites (tertiary alicyclic amines) is 1. The summed E-state index contributed by atoms with van der Waals surface area (Å²) in [5.41, 5.74) is 5.65. The third kappa shape index (κ3) is 6.94. The highest BCUT2D eigenvalue weighted by molar-refractivity contribution is 14.0. The maximum atomic E-state index is 11.2. The molecular weight excluding hydrogens is 427 g/mol. The lowest BCUT2D eigenvalue weighted by atomic mass is 9.78. The predicted octanol–water partition coefficient (Wildman–Crippen LogP) is 3.37. The van der Waals surface area contributed by atoms with Crippen molar-refractivity contribution in [2.24, 2.45) is 28.0 Å². The number of aliphatic imine (C=N–C) groups is 1. The fourth-order valence-corrected chi connectivity index (χ4v) is 4.25. The van der Waals surface area contributed by atoms with Gasteiger partial charge in [-0.2, -0.15) is 0 Å². The molecule has 0 aromatic heterocycles. The van der Waals surface area contributed by atoms with Gasteiger partial charge in [-0.1, -0.05) is 26.7 Å². The monoisotopic (exact) mass is 464 g/mol. The van der Waals surface area contributed by atoms with E-state index in [4.69, 9.17) is 10.7 Å². The van der Waals surface area contributed by atoms with Gasteiger partial charge < -0.3 is 16.0 Å². The quantitative estimate of drug-likeness (QED) is 0.360. The van der Waals surface area contributed by atoms with Gasteiger partial charge in [0.1, 0.15) is 0 Å². The minimum absolute atomic E-state index is 0. The second-order valence-corrected chi connectivity index (χ2v) is 8.26. The van der Waals surface area contributed by atoms with Gasteiger partial charge in [-0.15, -0.1) is 24.0 Å². The lowest BCUT2D eigenvalue weighted by Crippen LogP contribution is -2.47. The van der Waals surface area contributed by atoms with Gasteiger partial charge >= 0.3 is 0 Å². The minimum Gasteiger partial charge on any atom is -0.370 e. The molecule has 1 saturated carbocycles. The summed E-state index contributed by atoms with van der Waals surface area (Å²) in [5, 5.41) is 3.45. The second kappa shape index (κ2) is 10.6. The van der Waals surface area contributed by atoms with Crippen molar-refractivity contribution >= 4 is 35.8 Å². The fourth-order valence-electron chi connectivity index (χ4n) is 4.25. The Morgan fingerprint density at radius 2 is 1.92 bits per heavy atom. The van der Waals surface area contributed by atoms with Crippen LogP contribution in [-0.4, -0.2) is 42.9 Å². The van der Waals surface area contributed by atoms with E-state index in [-0.39, 0.29) is 35.3 Å². The first-order valence-electron chi connectivity index (χ1n) is 9.74. The molecule has 3 N–H and O–H groups in total. The molecule has 2 fully saturated rings. The second-order valence-electron chi connectivity index (χ2n) is 8.26. The molecule has 2 aliphatic rings. The largest absolute Gasteiger partial charge is 0.370 e. The molecule has 6 heteroatoms. The first-order chi connectivity index (χ1) is 11.4. The Labute approximate surface area is 170 Å². The van der Waals surface area contributed by atoms with E-state index in [1.165, 1.54) is 25.7 Å². The van der Waals surface area contributed by atoms with E-state index < -0.39 is 0 Å². The molecule has 0 aromatic carbocycles. The molecule has 5 nitrogen and oxygen atoms in total. The maximum Gasteiger partial charge on any atom is 0.217 e. The summed E-state index contributed by atoms with van der Waals surface area (Å²) in [4.78, 5) is 18.5. The van der Waals surface area contributed by atoms with Gasteiger partial charge in [0, 0.05) is 32.6 Å². The fraction of sp³-hybridized carbons (Fsp3) is 0.895. The van der Waals surface area contributed by atoms with Gasteiger partial charge in [0.15, 0.2) is 5.96 Å². The predicted molar refractivity (Wildman–Crippen MR) is 115 cm³/mol. The average Bonchev–Trinajstić information content (AvgIpc) is 3.06. The summed E-state index contributed by atoms with van der Waals surface area (Å²) in [5.74, 6) is 1.99. The van der Waals surface area contributed by atoms with Crippen LogP contribution in [0.2, 0.25) is 0 Å². The Morgan fingerprint density at radius 1 is 1.24 bits per heavy atom. The van der Waals surface area contributed by atoms with Crippen molar-refractivity contribution in [2.75, 3.05) is 26.2 Å². The molecule has 1 aliphatic carbocycles. The van der Waals surface area contributed by atoms with Crippen molar-refractivity contribution in [3.05, 3.63) is 0 Å². The summed E-state index contributed by atoms with van der Waals surface area (Å²) in [6.07, 6.45) is 8.13. The number of piperidine rings is 1. The number of rotatable bonds is 6.